The van der Waals surface area contributed by atoms with Crippen molar-refractivity contribution in [3.8, 4) is 22.0 Å². The number of carbonyl (C=O) groups is 1. The number of benzene rings is 1. The van der Waals surface area contributed by atoms with Crippen LogP contribution in [0.5, 0.6) is 0 Å². The molecule has 4 rings (SSSR count). The number of nitrogens with one attached hydrogen (secondary N) is 2. The quantitative estimate of drug-likeness (QED) is 0.451. The molecule has 0 unspecified atom stereocenters. The van der Waals surface area contributed by atoms with Gasteiger partial charge in [0.2, 0.25) is 11.1 Å². The molecule has 0 aliphatic carbocycles. The molecule has 0 spiro atoms. The summed E-state index contributed by atoms with van der Waals surface area (Å²) >= 11 is 4.13. The van der Waals surface area contributed by atoms with Gasteiger partial charge >= 0.3 is 0 Å². The fourth-order valence-corrected chi connectivity index (χ4v) is 4.20. The number of H-pyrrole nitrogens is 1. The first-order valence-corrected chi connectivity index (χ1v) is 10.5. The number of halogens is 1. The zero-order valence-corrected chi connectivity index (χ0v) is 16.1. The Morgan fingerprint density at radius 2 is 2.04 bits per heavy atom. The van der Waals surface area contributed by atoms with Gasteiger partial charge in [-0.15, -0.1) is 27.8 Å². The first-order chi connectivity index (χ1) is 13.2. The van der Waals surface area contributed by atoms with Gasteiger partial charge in [-0.1, -0.05) is 17.8 Å². The summed E-state index contributed by atoms with van der Waals surface area (Å²) in [4.78, 5) is 21.9. The third-order valence-corrected chi connectivity index (χ3v) is 5.92. The molecule has 1 amide bonds. The Labute approximate surface area is 165 Å². The highest BCUT2D eigenvalue weighted by Crippen LogP contribution is 2.26. The van der Waals surface area contributed by atoms with Crippen LogP contribution in [0, 0.1) is 5.82 Å². The smallest absolute Gasteiger partial charge is 0.236 e. The minimum Gasteiger partial charge on any atom is -0.301 e. The molecule has 0 radical (unpaired) electrons. The van der Waals surface area contributed by atoms with Crippen molar-refractivity contribution in [1.82, 2.24) is 20.2 Å². The van der Waals surface area contributed by atoms with E-state index in [1.165, 1.54) is 35.2 Å². The summed E-state index contributed by atoms with van der Waals surface area (Å²) < 4.78 is 13.0. The van der Waals surface area contributed by atoms with Gasteiger partial charge in [0.15, 0.2) is 11.0 Å². The van der Waals surface area contributed by atoms with Crippen LogP contribution in [-0.2, 0) is 4.79 Å². The lowest BCUT2D eigenvalue weighted by Gasteiger charge is -1.99. The van der Waals surface area contributed by atoms with E-state index < -0.39 is 0 Å². The summed E-state index contributed by atoms with van der Waals surface area (Å²) in [6.07, 6.45) is 0. The highest BCUT2D eigenvalue weighted by atomic mass is 32.2. The van der Waals surface area contributed by atoms with E-state index in [0.29, 0.717) is 21.8 Å². The number of thioether (sulfide) groups is 1. The molecule has 1 aromatic carbocycles. The maximum atomic E-state index is 13.0. The van der Waals surface area contributed by atoms with Gasteiger partial charge in [0, 0.05) is 10.9 Å². The molecule has 4 aromatic rings. The van der Waals surface area contributed by atoms with Gasteiger partial charge in [-0.05, 0) is 35.7 Å². The van der Waals surface area contributed by atoms with Crippen molar-refractivity contribution in [1.29, 1.82) is 0 Å². The summed E-state index contributed by atoms with van der Waals surface area (Å²) in [5.74, 6) is 0.376. The van der Waals surface area contributed by atoms with Crippen LogP contribution in [0.25, 0.3) is 22.0 Å². The van der Waals surface area contributed by atoms with Crippen molar-refractivity contribution < 1.29 is 9.18 Å². The molecule has 3 aromatic heterocycles. The number of aromatic amines is 1. The summed E-state index contributed by atoms with van der Waals surface area (Å²) in [5.41, 5.74) is 1.49. The Kier molecular flexibility index (Phi) is 5.28. The molecular weight excluding hydrogens is 405 g/mol. The molecule has 0 aliphatic heterocycles. The number of rotatable bonds is 6. The molecule has 27 heavy (non-hydrogen) atoms. The van der Waals surface area contributed by atoms with Crippen LogP contribution in [0.3, 0.4) is 0 Å². The molecule has 0 saturated carbocycles. The van der Waals surface area contributed by atoms with E-state index in [9.17, 15) is 9.18 Å². The highest BCUT2D eigenvalue weighted by molar-refractivity contribution is 7.99. The molecule has 10 heteroatoms. The molecular formula is C17H12FN5OS3. The van der Waals surface area contributed by atoms with Gasteiger partial charge in [-0.3, -0.25) is 9.89 Å². The number of thiophene rings is 1. The predicted octanol–water partition coefficient (Wildman–Crippen LogP) is 4.53. The standard InChI is InChI=1S/C17H12FN5OS3/c18-11-5-3-10(4-6-11)12-8-26-16(19-12)20-14(24)9-27-17-21-15(22-23-17)13-2-1-7-25-13/h1-8H,9H2,(H,19,20,24)(H,21,22,23). The maximum absolute atomic E-state index is 13.0. The van der Waals surface area contributed by atoms with Crippen molar-refractivity contribution in [2.45, 2.75) is 5.16 Å². The largest absolute Gasteiger partial charge is 0.301 e. The van der Waals surface area contributed by atoms with Crippen molar-refractivity contribution in [2.24, 2.45) is 0 Å². The van der Waals surface area contributed by atoms with Gasteiger partial charge in [0.1, 0.15) is 5.82 Å². The third kappa shape index (κ3) is 4.41. The number of anilines is 1. The predicted molar refractivity (Wildman–Crippen MR) is 107 cm³/mol. The number of nitrogens with zero attached hydrogens (tertiary/aromatic N) is 3. The van der Waals surface area contributed by atoms with Crippen molar-refractivity contribution >= 4 is 45.5 Å². The number of hydrogen-bond acceptors (Lipinski definition) is 7. The topological polar surface area (TPSA) is 83.6 Å². The van der Waals surface area contributed by atoms with E-state index in [1.54, 1.807) is 23.5 Å². The average Bonchev–Trinajstić information content (AvgIpc) is 3.42. The van der Waals surface area contributed by atoms with Crippen molar-refractivity contribution in [2.75, 3.05) is 11.1 Å². The van der Waals surface area contributed by atoms with Crippen LogP contribution in [-0.4, -0.2) is 31.8 Å². The SMILES string of the molecule is O=C(CSc1n[nH]c(-c2cccs2)n1)Nc1nc(-c2ccc(F)cc2)cs1. The summed E-state index contributed by atoms with van der Waals surface area (Å²) in [6, 6.07) is 9.96. The molecule has 2 N–H and O–H groups in total. The van der Waals surface area contributed by atoms with Crippen LogP contribution < -0.4 is 5.32 Å². The van der Waals surface area contributed by atoms with Crippen LogP contribution in [0.15, 0.2) is 52.3 Å². The minimum absolute atomic E-state index is 0.174. The minimum atomic E-state index is -0.297. The second-order valence-electron chi connectivity index (χ2n) is 5.33. The zero-order chi connectivity index (χ0) is 18.6. The van der Waals surface area contributed by atoms with E-state index in [2.05, 4.69) is 25.5 Å². The number of carbonyl (C=O) groups excluding carboxylic acids is 1. The van der Waals surface area contributed by atoms with Gasteiger partial charge in [0.05, 0.1) is 16.3 Å². The Morgan fingerprint density at radius 3 is 2.81 bits per heavy atom. The second kappa shape index (κ2) is 7.99. The van der Waals surface area contributed by atoms with E-state index in [4.69, 9.17) is 0 Å². The second-order valence-corrected chi connectivity index (χ2v) is 8.07. The van der Waals surface area contributed by atoms with E-state index in [0.717, 1.165) is 10.4 Å². The molecule has 0 saturated heterocycles. The zero-order valence-electron chi connectivity index (χ0n) is 13.7. The fourth-order valence-electron chi connectivity index (χ4n) is 2.20. The van der Waals surface area contributed by atoms with Crippen LogP contribution in [0.1, 0.15) is 0 Å². The number of aromatic nitrogens is 4. The van der Waals surface area contributed by atoms with E-state index >= 15 is 0 Å². The Balaban J connectivity index is 1.33. The molecule has 0 atom stereocenters. The lowest BCUT2D eigenvalue weighted by molar-refractivity contribution is -0.113. The Hall–Kier alpha value is -2.56. The highest BCUT2D eigenvalue weighted by Gasteiger charge is 2.12. The van der Waals surface area contributed by atoms with Crippen molar-refractivity contribution in [3.05, 3.63) is 53.0 Å². The normalized spacial score (nSPS) is 10.9. The third-order valence-electron chi connectivity index (χ3n) is 3.44. The number of hydrogen-bond donors (Lipinski definition) is 2. The molecule has 0 aliphatic rings. The lowest BCUT2D eigenvalue weighted by Crippen LogP contribution is -2.13. The first kappa shape index (κ1) is 17.8. The summed E-state index contributed by atoms with van der Waals surface area (Å²) in [7, 11) is 0. The Bertz CT molecular complexity index is 1040. The molecule has 0 fully saturated rings. The molecule has 6 nitrogen and oxygen atoms in total. The van der Waals surface area contributed by atoms with Crippen LogP contribution >= 0.6 is 34.4 Å². The van der Waals surface area contributed by atoms with Crippen LogP contribution in [0.4, 0.5) is 9.52 Å². The number of amides is 1. The number of thiazole rings is 1. The van der Waals surface area contributed by atoms with Gasteiger partial charge < -0.3 is 5.32 Å². The molecule has 3 heterocycles. The summed E-state index contributed by atoms with van der Waals surface area (Å²) in [6.45, 7) is 0. The van der Waals surface area contributed by atoms with Gasteiger partial charge in [-0.2, -0.15) is 0 Å². The summed E-state index contributed by atoms with van der Waals surface area (Å²) in [5, 5.41) is 14.5. The van der Waals surface area contributed by atoms with Crippen molar-refractivity contribution in [3.63, 3.8) is 0 Å². The average molecular weight is 418 g/mol. The lowest BCUT2D eigenvalue weighted by atomic mass is 10.2. The Morgan fingerprint density at radius 1 is 1.19 bits per heavy atom. The van der Waals surface area contributed by atoms with E-state index in [1.807, 2.05) is 22.9 Å². The van der Waals surface area contributed by atoms with Gasteiger partial charge in [0.25, 0.3) is 0 Å². The van der Waals surface area contributed by atoms with E-state index in [-0.39, 0.29) is 17.5 Å². The molecule has 0 bridgehead atoms. The van der Waals surface area contributed by atoms with Crippen LogP contribution in [0.2, 0.25) is 0 Å². The fraction of sp³-hybridized carbons (Fsp3) is 0.0588. The molecule has 136 valence electrons. The maximum Gasteiger partial charge on any atom is 0.236 e. The monoisotopic (exact) mass is 417 g/mol. The first-order valence-electron chi connectivity index (χ1n) is 7.78. The van der Waals surface area contributed by atoms with Gasteiger partial charge in [-0.25, -0.2) is 14.4 Å².